The van der Waals surface area contributed by atoms with Crippen molar-refractivity contribution in [2.75, 3.05) is 19.6 Å². The molecule has 2 heterocycles. The van der Waals surface area contributed by atoms with E-state index in [-0.39, 0.29) is 11.7 Å². The topological polar surface area (TPSA) is 32.8 Å². The van der Waals surface area contributed by atoms with Gasteiger partial charge in [-0.1, -0.05) is 24.3 Å². The standard InChI is InChI=1S/C21H21F3N2O2/c22-21(23,24)28-19-7-5-16(6-8-19)20(27)26-12-10-18(14-26)25-11-9-15-3-1-2-4-17(15)13-25/h1-8,18H,9-14H2/t18-/m1/s1. The molecule has 4 nitrogen and oxygen atoms in total. The van der Waals surface area contributed by atoms with E-state index in [1.165, 1.54) is 35.4 Å². The smallest absolute Gasteiger partial charge is 0.406 e. The summed E-state index contributed by atoms with van der Waals surface area (Å²) < 4.78 is 40.6. The predicted octanol–water partition coefficient (Wildman–Crippen LogP) is 3.86. The van der Waals surface area contributed by atoms with Gasteiger partial charge in [0, 0.05) is 37.8 Å². The van der Waals surface area contributed by atoms with Crippen molar-refractivity contribution in [3.63, 3.8) is 0 Å². The van der Waals surface area contributed by atoms with Gasteiger partial charge in [0.1, 0.15) is 5.75 Å². The van der Waals surface area contributed by atoms with Crippen molar-refractivity contribution in [1.82, 2.24) is 9.80 Å². The maximum Gasteiger partial charge on any atom is 0.573 e. The van der Waals surface area contributed by atoms with E-state index in [1.807, 2.05) is 0 Å². The average Bonchev–Trinajstić information content (AvgIpc) is 3.16. The molecule has 1 atom stereocenters. The van der Waals surface area contributed by atoms with Crippen molar-refractivity contribution in [3.05, 3.63) is 65.2 Å². The first kappa shape index (κ1) is 18.8. The van der Waals surface area contributed by atoms with Crippen LogP contribution >= 0.6 is 0 Å². The van der Waals surface area contributed by atoms with Crippen molar-refractivity contribution >= 4 is 5.91 Å². The molecule has 148 valence electrons. The largest absolute Gasteiger partial charge is 0.573 e. The number of nitrogens with zero attached hydrogens (tertiary/aromatic N) is 2. The molecular formula is C21H21F3N2O2. The van der Waals surface area contributed by atoms with Gasteiger partial charge < -0.3 is 9.64 Å². The molecule has 0 radical (unpaired) electrons. The Morgan fingerprint density at radius 2 is 1.71 bits per heavy atom. The molecular weight excluding hydrogens is 369 g/mol. The number of hydrogen-bond donors (Lipinski definition) is 0. The van der Waals surface area contributed by atoms with Gasteiger partial charge in [-0.3, -0.25) is 9.69 Å². The molecule has 0 N–H and O–H groups in total. The molecule has 0 spiro atoms. The molecule has 1 amide bonds. The molecule has 1 fully saturated rings. The molecule has 2 aliphatic heterocycles. The summed E-state index contributed by atoms with van der Waals surface area (Å²) in [5, 5.41) is 0. The lowest BCUT2D eigenvalue weighted by molar-refractivity contribution is -0.274. The van der Waals surface area contributed by atoms with E-state index < -0.39 is 6.36 Å². The molecule has 0 aromatic heterocycles. The van der Waals surface area contributed by atoms with Gasteiger partial charge >= 0.3 is 6.36 Å². The van der Waals surface area contributed by atoms with Gasteiger partial charge in [-0.15, -0.1) is 13.2 Å². The highest BCUT2D eigenvalue weighted by atomic mass is 19.4. The summed E-state index contributed by atoms with van der Waals surface area (Å²) >= 11 is 0. The minimum absolute atomic E-state index is 0.154. The lowest BCUT2D eigenvalue weighted by Crippen LogP contribution is -2.41. The number of amides is 1. The molecule has 0 aliphatic carbocycles. The summed E-state index contributed by atoms with van der Waals surface area (Å²) in [6.07, 6.45) is -2.81. The first-order chi connectivity index (χ1) is 13.4. The number of benzene rings is 2. The minimum atomic E-state index is -4.74. The molecule has 28 heavy (non-hydrogen) atoms. The summed E-state index contributed by atoms with van der Waals surface area (Å²) in [5.74, 6) is -0.478. The molecule has 0 unspecified atom stereocenters. The Bertz CT molecular complexity index is 851. The van der Waals surface area contributed by atoms with Crippen LogP contribution in [0.5, 0.6) is 5.75 Å². The van der Waals surface area contributed by atoms with Gasteiger partial charge in [0.2, 0.25) is 0 Å². The zero-order valence-corrected chi connectivity index (χ0v) is 15.3. The van der Waals surface area contributed by atoms with Crippen molar-refractivity contribution < 1.29 is 22.7 Å². The van der Waals surface area contributed by atoms with Gasteiger partial charge in [0.15, 0.2) is 0 Å². The Morgan fingerprint density at radius 3 is 2.43 bits per heavy atom. The van der Waals surface area contributed by atoms with Crippen LogP contribution in [-0.4, -0.2) is 47.7 Å². The van der Waals surface area contributed by atoms with E-state index in [1.54, 1.807) is 4.90 Å². The van der Waals surface area contributed by atoms with Gasteiger partial charge in [-0.2, -0.15) is 0 Å². The molecule has 2 aromatic carbocycles. The summed E-state index contributed by atoms with van der Waals surface area (Å²) in [6, 6.07) is 13.9. The third-order valence-electron chi connectivity index (χ3n) is 5.46. The molecule has 0 bridgehead atoms. The highest BCUT2D eigenvalue weighted by Gasteiger charge is 2.33. The Balaban J connectivity index is 1.37. The summed E-state index contributed by atoms with van der Waals surface area (Å²) in [4.78, 5) is 16.9. The quantitative estimate of drug-likeness (QED) is 0.798. The van der Waals surface area contributed by atoms with Gasteiger partial charge in [0.05, 0.1) is 0 Å². The molecule has 4 rings (SSSR count). The van der Waals surface area contributed by atoms with Crippen molar-refractivity contribution in [2.45, 2.75) is 31.8 Å². The normalized spacial score (nSPS) is 20.1. The number of rotatable bonds is 3. The van der Waals surface area contributed by atoms with Crippen LogP contribution < -0.4 is 4.74 Å². The van der Waals surface area contributed by atoms with Crippen LogP contribution in [0, 0.1) is 0 Å². The summed E-state index contributed by atoms with van der Waals surface area (Å²) in [7, 11) is 0. The van der Waals surface area contributed by atoms with Crippen LogP contribution in [0.4, 0.5) is 13.2 Å². The zero-order chi connectivity index (χ0) is 19.7. The SMILES string of the molecule is O=C(c1ccc(OC(F)(F)F)cc1)N1CC[C@@H](N2CCc3ccccc3C2)C1. The van der Waals surface area contributed by atoms with Crippen LogP contribution in [0.15, 0.2) is 48.5 Å². The maximum absolute atomic E-state index is 12.7. The van der Waals surface area contributed by atoms with Gasteiger partial charge in [-0.05, 0) is 48.2 Å². The maximum atomic E-state index is 12.7. The highest BCUT2D eigenvalue weighted by Crippen LogP contribution is 2.26. The third-order valence-corrected chi connectivity index (χ3v) is 5.46. The van der Waals surface area contributed by atoms with Crippen LogP contribution in [0.3, 0.4) is 0 Å². The predicted molar refractivity (Wildman–Crippen MR) is 98.0 cm³/mol. The number of alkyl halides is 3. The summed E-state index contributed by atoms with van der Waals surface area (Å²) in [5.41, 5.74) is 3.11. The van der Waals surface area contributed by atoms with E-state index in [9.17, 15) is 18.0 Å². The fourth-order valence-electron chi connectivity index (χ4n) is 4.04. The van der Waals surface area contributed by atoms with E-state index in [4.69, 9.17) is 0 Å². The van der Waals surface area contributed by atoms with Gasteiger partial charge in [-0.25, -0.2) is 0 Å². The van der Waals surface area contributed by atoms with Crippen LogP contribution in [-0.2, 0) is 13.0 Å². The van der Waals surface area contributed by atoms with Gasteiger partial charge in [0.25, 0.3) is 5.91 Å². The second kappa shape index (κ2) is 7.47. The average molecular weight is 390 g/mol. The highest BCUT2D eigenvalue weighted by molar-refractivity contribution is 5.94. The van der Waals surface area contributed by atoms with Crippen LogP contribution in [0.1, 0.15) is 27.9 Å². The van der Waals surface area contributed by atoms with E-state index in [0.717, 1.165) is 25.9 Å². The fourth-order valence-corrected chi connectivity index (χ4v) is 4.04. The summed E-state index contributed by atoms with van der Waals surface area (Å²) in [6.45, 7) is 3.17. The number of hydrogen-bond acceptors (Lipinski definition) is 3. The third kappa shape index (κ3) is 4.14. The first-order valence-electron chi connectivity index (χ1n) is 9.35. The molecule has 7 heteroatoms. The first-order valence-corrected chi connectivity index (χ1v) is 9.35. The van der Waals surface area contributed by atoms with Crippen molar-refractivity contribution in [3.8, 4) is 5.75 Å². The van der Waals surface area contributed by atoms with E-state index in [0.29, 0.717) is 24.7 Å². The molecule has 2 aliphatic rings. The van der Waals surface area contributed by atoms with E-state index >= 15 is 0 Å². The lowest BCUT2D eigenvalue weighted by atomic mass is 9.98. The molecule has 1 saturated heterocycles. The number of carbonyl (C=O) groups is 1. The number of ether oxygens (including phenoxy) is 1. The lowest BCUT2D eigenvalue weighted by Gasteiger charge is -2.33. The number of carbonyl (C=O) groups excluding carboxylic acids is 1. The Morgan fingerprint density at radius 1 is 1.00 bits per heavy atom. The minimum Gasteiger partial charge on any atom is -0.406 e. The van der Waals surface area contributed by atoms with Crippen LogP contribution in [0.2, 0.25) is 0 Å². The Labute approximate surface area is 161 Å². The van der Waals surface area contributed by atoms with Crippen molar-refractivity contribution in [2.24, 2.45) is 0 Å². The molecule has 0 saturated carbocycles. The monoisotopic (exact) mass is 390 g/mol. The van der Waals surface area contributed by atoms with E-state index in [2.05, 4.69) is 33.9 Å². The Hall–Kier alpha value is -2.54. The molecule has 2 aromatic rings. The number of likely N-dealkylation sites (tertiary alicyclic amines) is 1. The second-order valence-electron chi connectivity index (χ2n) is 7.26. The number of fused-ring (bicyclic) bond motifs is 1. The fraction of sp³-hybridized carbons (Fsp3) is 0.381. The zero-order valence-electron chi connectivity index (χ0n) is 15.3. The van der Waals surface area contributed by atoms with Crippen LogP contribution in [0.25, 0.3) is 0 Å². The number of halogens is 3. The Kier molecular flexibility index (Phi) is 5.02. The second-order valence-corrected chi connectivity index (χ2v) is 7.26. The van der Waals surface area contributed by atoms with Crippen molar-refractivity contribution in [1.29, 1.82) is 0 Å².